The van der Waals surface area contributed by atoms with E-state index in [0.717, 1.165) is 25.0 Å². The second kappa shape index (κ2) is 8.62. The minimum absolute atomic E-state index is 0.157. The summed E-state index contributed by atoms with van der Waals surface area (Å²) in [7, 11) is 0. The molecule has 0 saturated heterocycles. The molecule has 0 unspecified atom stereocenters. The van der Waals surface area contributed by atoms with Crippen LogP contribution in [0.5, 0.6) is 5.75 Å². The topological polar surface area (TPSA) is 35.5 Å². The van der Waals surface area contributed by atoms with E-state index in [9.17, 15) is 4.79 Å². The second-order valence-electron chi connectivity index (χ2n) is 3.69. The largest absolute Gasteiger partial charge is 0.490 e. The molecule has 0 aliphatic rings. The van der Waals surface area contributed by atoms with Gasteiger partial charge in [-0.3, -0.25) is 4.79 Å². The molecule has 0 aliphatic carbocycles. The predicted molar refractivity (Wildman–Crippen MR) is 66.7 cm³/mol. The molecular formula is C14H19O3. The van der Waals surface area contributed by atoms with Crippen molar-refractivity contribution in [1.82, 2.24) is 0 Å². The van der Waals surface area contributed by atoms with Crippen LogP contribution >= 0.6 is 0 Å². The zero-order valence-electron chi connectivity index (χ0n) is 10.1. The van der Waals surface area contributed by atoms with Crippen LogP contribution in [0, 0.1) is 6.92 Å². The molecular weight excluding hydrogens is 216 g/mol. The fourth-order valence-electron chi connectivity index (χ4n) is 1.35. The van der Waals surface area contributed by atoms with Gasteiger partial charge in [-0.2, -0.15) is 0 Å². The Labute approximate surface area is 103 Å². The molecule has 0 heterocycles. The molecule has 1 radical (unpaired) electrons. The minimum atomic E-state index is -0.157. The molecule has 0 saturated carbocycles. The van der Waals surface area contributed by atoms with Gasteiger partial charge in [0.15, 0.2) is 0 Å². The molecule has 3 nitrogen and oxygen atoms in total. The Bertz CT molecular complexity index is 309. The zero-order valence-corrected chi connectivity index (χ0v) is 10.1. The Morgan fingerprint density at radius 2 is 1.88 bits per heavy atom. The Morgan fingerprint density at radius 3 is 2.59 bits per heavy atom. The quantitative estimate of drug-likeness (QED) is 0.513. The van der Waals surface area contributed by atoms with Crippen LogP contribution in [0.25, 0.3) is 0 Å². The van der Waals surface area contributed by atoms with Gasteiger partial charge >= 0.3 is 5.97 Å². The molecule has 3 heteroatoms. The van der Waals surface area contributed by atoms with Crippen LogP contribution < -0.4 is 4.74 Å². The molecule has 93 valence electrons. The van der Waals surface area contributed by atoms with Gasteiger partial charge in [0.1, 0.15) is 19.0 Å². The molecule has 1 aromatic carbocycles. The van der Waals surface area contributed by atoms with Crippen molar-refractivity contribution in [2.24, 2.45) is 0 Å². The second-order valence-corrected chi connectivity index (χ2v) is 3.69. The number of esters is 1. The number of hydrogen-bond donors (Lipinski definition) is 0. The highest BCUT2D eigenvalue weighted by Crippen LogP contribution is 2.07. The first-order valence-corrected chi connectivity index (χ1v) is 5.95. The maximum Gasteiger partial charge on any atom is 0.305 e. The van der Waals surface area contributed by atoms with E-state index in [1.807, 2.05) is 30.3 Å². The van der Waals surface area contributed by atoms with E-state index >= 15 is 0 Å². The molecule has 0 amide bonds. The number of benzene rings is 1. The fourth-order valence-corrected chi connectivity index (χ4v) is 1.35. The smallest absolute Gasteiger partial charge is 0.305 e. The van der Waals surface area contributed by atoms with Crippen LogP contribution in [0.4, 0.5) is 0 Å². The number of carbonyl (C=O) groups is 1. The lowest BCUT2D eigenvalue weighted by Crippen LogP contribution is -2.11. The molecule has 0 atom stereocenters. The number of para-hydroxylation sites is 1. The van der Waals surface area contributed by atoms with Gasteiger partial charge in [0.05, 0.1) is 0 Å². The van der Waals surface area contributed by atoms with Crippen LogP contribution in [0.2, 0.25) is 0 Å². The summed E-state index contributed by atoms with van der Waals surface area (Å²) in [6.45, 7) is 4.42. The highest BCUT2D eigenvalue weighted by Gasteiger charge is 2.01. The van der Waals surface area contributed by atoms with Gasteiger partial charge in [-0.1, -0.05) is 38.0 Å². The summed E-state index contributed by atoms with van der Waals surface area (Å²) >= 11 is 0. The molecule has 0 aliphatic heterocycles. The van der Waals surface area contributed by atoms with Gasteiger partial charge in [0.25, 0.3) is 0 Å². The summed E-state index contributed by atoms with van der Waals surface area (Å²) in [5.41, 5.74) is 0. The van der Waals surface area contributed by atoms with Gasteiger partial charge in [-0.25, -0.2) is 0 Å². The highest BCUT2D eigenvalue weighted by atomic mass is 16.6. The van der Waals surface area contributed by atoms with E-state index in [4.69, 9.17) is 9.47 Å². The van der Waals surface area contributed by atoms with Gasteiger partial charge in [-0.15, -0.1) is 0 Å². The average Bonchev–Trinajstić information content (AvgIpc) is 2.36. The summed E-state index contributed by atoms with van der Waals surface area (Å²) in [5.74, 6) is 0.635. The Hall–Kier alpha value is -1.51. The minimum Gasteiger partial charge on any atom is -0.490 e. The standard InChI is InChI=1S/C14H19O3/c1-2-3-5-10-14(15)17-12-11-16-13-8-6-4-7-9-13/h4,6-9H,1-3,5,10-12H2. The Morgan fingerprint density at radius 1 is 1.12 bits per heavy atom. The summed E-state index contributed by atoms with van der Waals surface area (Å²) < 4.78 is 10.4. The lowest BCUT2D eigenvalue weighted by Gasteiger charge is -2.07. The molecule has 1 rings (SSSR count). The lowest BCUT2D eigenvalue weighted by molar-refractivity contribution is -0.144. The van der Waals surface area contributed by atoms with Crippen LogP contribution in [0.3, 0.4) is 0 Å². The van der Waals surface area contributed by atoms with Crippen molar-refractivity contribution < 1.29 is 14.3 Å². The first-order valence-electron chi connectivity index (χ1n) is 5.95. The van der Waals surface area contributed by atoms with Gasteiger partial charge < -0.3 is 9.47 Å². The Kier molecular flexibility index (Phi) is 6.87. The maximum atomic E-state index is 11.2. The number of ether oxygens (including phenoxy) is 2. The maximum absolute atomic E-state index is 11.2. The van der Waals surface area contributed by atoms with E-state index in [0.29, 0.717) is 19.6 Å². The molecule has 0 N–H and O–H groups in total. The molecule has 0 spiro atoms. The number of hydrogen-bond acceptors (Lipinski definition) is 3. The van der Waals surface area contributed by atoms with E-state index in [1.54, 1.807) is 0 Å². The number of rotatable bonds is 8. The van der Waals surface area contributed by atoms with Gasteiger partial charge in [0, 0.05) is 6.42 Å². The third-order valence-corrected chi connectivity index (χ3v) is 2.24. The van der Waals surface area contributed by atoms with Crippen molar-refractivity contribution in [1.29, 1.82) is 0 Å². The average molecular weight is 235 g/mol. The van der Waals surface area contributed by atoms with Crippen molar-refractivity contribution in [3.8, 4) is 5.75 Å². The summed E-state index contributed by atoms with van der Waals surface area (Å²) in [6.07, 6.45) is 3.16. The van der Waals surface area contributed by atoms with Gasteiger partial charge in [0.2, 0.25) is 0 Å². The molecule has 17 heavy (non-hydrogen) atoms. The van der Waals surface area contributed by atoms with Crippen LogP contribution in [-0.4, -0.2) is 19.2 Å². The summed E-state index contributed by atoms with van der Waals surface area (Å²) in [4.78, 5) is 11.2. The highest BCUT2D eigenvalue weighted by molar-refractivity contribution is 5.69. The lowest BCUT2D eigenvalue weighted by atomic mass is 10.2. The molecule has 0 aromatic heterocycles. The Balaban J connectivity index is 2.02. The normalized spacial score (nSPS) is 9.94. The summed E-state index contributed by atoms with van der Waals surface area (Å²) in [5, 5.41) is 0. The van der Waals surface area contributed by atoms with Crippen molar-refractivity contribution in [2.45, 2.75) is 25.7 Å². The third kappa shape index (κ3) is 6.61. The van der Waals surface area contributed by atoms with Gasteiger partial charge in [-0.05, 0) is 18.6 Å². The van der Waals surface area contributed by atoms with Crippen LogP contribution in [0.1, 0.15) is 25.7 Å². The zero-order chi connectivity index (χ0) is 12.3. The van der Waals surface area contributed by atoms with E-state index in [-0.39, 0.29) is 5.97 Å². The van der Waals surface area contributed by atoms with E-state index < -0.39 is 0 Å². The first-order chi connectivity index (χ1) is 8.33. The number of unbranched alkanes of at least 4 members (excludes halogenated alkanes) is 2. The third-order valence-electron chi connectivity index (χ3n) is 2.24. The molecule has 0 bridgehead atoms. The molecule has 1 aromatic rings. The fraction of sp³-hybridized carbons (Fsp3) is 0.429. The van der Waals surface area contributed by atoms with Crippen molar-refractivity contribution >= 4 is 5.97 Å². The predicted octanol–water partition coefficient (Wildman–Crippen LogP) is 3.00. The van der Waals surface area contributed by atoms with Crippen LogP contribution in [-0.2, 0) is 9.53 Å². The molecule has 0 fully saturated rings. The first kappa shape index (κ1) is 13.6. The van der Waals surface area contributed by atoms with E-state index in [2.05, 4.69) is 6.92 Å². The van der Waals surface area contributed by atoms with Crippen molar-refractivity contribution in [2.75, 3.05) is 13.2 Å². The monoisotopic (exact) mass is 235 g/mol. The van der Waals surface area contributed by atoms with Crippen molar-refractivity contribution in [3.05, 3.63) is 37.3 Å². The van der Waals surface area contributed by atoms with E-state index in [1.165, 1.54) is 0 Å². The van der Waals surface area contributed by atoms with Crippen molar-refractivity contribution in [3.63, 3.8) is 0 Å². The number of carbonyl (C=O) groups excluding carboxylic acids is 1. The summed E-state index contributed by atoms with van der Waals surface area (Å²) in [6, 6.07) is 9.47. The van der Waals surface area contributed by atoms with Crippen LogP contribution in [0.15, 0.2) is 30.3 Å². The SMILES string of the molecule is [CH2]CCCCC(=O)OCCOc1ccccc1.